The minimum absolute atomic E-state index is 0.452. The molecule has 1 rings (SSSR count). The molecule has 0 radical (unpaired) electrons. The molecular weight excluding hydrogens is 238 g/mol. The van der Waals surface area contributed by atoms with Gasteiger partial charge >= 0.3 is 0 Å². The van der Waals surface area contributed by atoms with Gasteiger partial charge in [0.05, 0.1) is 18.7 Å². The zero-order valence-corrected chi connectivity index (χ0v) is 11.6. The van der Waals surface area contributed by atoms with Crippen LogP contribution in [0.5, 0.6) is 11.5 Å². The number of methoxy groups -OCH3 is 1. The lowest BCUT2D eigenvalue weighted by molar-refractivity contribution is 0.257. The molecule has 3 nitrogen and oxygen atoms in total. The van der Waals surface area contributed by atoms with Gasteiger partial charge in [-0.1, -0.05) is 25.4 Å². The van der Waals surface area contributed by atoms with Crippen molar-refractivity contribution in [1.82, 2.24) is 5.32 Å². The Balaban J connectivity index is 2.95. The summed E-state index contributed by atoms with van der Waals surface area (Å²) in [5.41, 5.74) is 1.08. The van der Waals surface area contributed by atoms with Gasteiger partial charge in [-0.2, -0.15) is 0 Å². The number of rotatable bonds is 6. The SMILES string of the molecule is CNCc1cc(Cl)c(OCC(C)C)c(OC)c1. The summed E-state index contributed by atoms with van der Waals surface area (Å²) >= 11 is 6.20. The predicted octanol–water partition coefficient (Wildman–Crippen LogP) is 3.10. The van der Waals surface area contributed by atoms with E-state index in [9.17, 15) is 0 Å². The van der Waals surface area contributed by atoms with Crippen molar-refractivity contribution in [3.8, 4) is 11.5 Å². The fourth-order valence-corrected chi connectivity index (χ4v) is 1.76. The lowest BCUT2D eigenvalue weighted by atomic mass is 10.2. The molecule has 0 aliphatic carbocycles. The zero-order chi connectivity index (χ0) is 12.8. The molecule has 17 heavy (non-hydrogen) atoms. The van der Waals surface area contributed by atoms with Gasteiger partial charge in [-0.15, -0.1) is 0 Å². The molecule has 0 fully saturated rings. The van der Waals surface area contributed by atoms with Crippen LogP contribution < -0.4 is 14.8 Å². The molecule has 0 unspecified atom stereocenters. The molecule has 96 valence electrons. The largest absolute Gasteiger partial charge is 0.493 e. The number of nitrogens with one attached hydrogen (secondary N) is 1. The molecule has 0 heterocycles. The second-order valence-electron chi connectivity index (χ2n) is 4.34. The average molecular weight is 258 g/mol. The van der Waals surface area contributed by atoms with Gasteiger partial charge in [0.2, 0.25) is 0 Å². The first-order valence-corrected chi connectivity index (χ1v) is 6.10. The van der Waals surface area contributed by atoms with E-state index >= 15 is 0 Å². The third-order valence-electron chi connectivity index (χ3n) is 2.23. The monoisotopic (exact) mass is 257 g/mol. The highest BCUT2D eigenvalue weighted by Gasteiger charge is 2.12. The maximum atomic E-state index is 6.20. The van der Waals surface area contributed by atoms with Gasteiger partial charge < -0.3 is 14.8 Å². The molecule has 1 aromatic carbocycles. The molecule has 1 aromatic rings. The van der Waals surface area contributed by atoms with E-state index in [4.69, 9.17) is 21.1 Å². The second-order valence-corrected chi connectivity index (χ2v) is 4.75. The third-order valence-corrected chi connectivity index (χ3v) is 2.51. The Morgan fingerprint density at radius 2 is 2.06 bits per heavy atom. The minimum Gasteiger partial charge on any atom is -0.493 e. The standard InChI is InChI=1S/C13H20ClNO2/c1-9(2)8-17-13-11(14)5-10(7-15-3)6-12(13)16-4/h5-6,9,15H,7-8H2,1-4H3. The summed E-state index contributed by atoms with van der Waals surface area (Å²) in [6.45, 7) is 5.56. The summed E-state index contributed by atoms with van der Waals surface area (Å²) in [4.78, 5) is 0. The summed E-state index contributed by atoms with van der Waals surface area (Å²) in [5, 5.41) is 3.67. The van der Waals surface area contributed by atoms with Gasteiger partial charge in [-0.3, -0.25) is 0 Å². The van der Waals surface area contributed by atoms with E-state index in [0.29, 0.717) is 29.0 Å². The lowest BCUT2D eigenvalue weighted by Crippen LogP contribution is -2.08. The van der Waals surface area contributed by atoms with Crippen molar-refractivity contribution < 1.29 is 9.47 Å². The van der Waals surface area contributed by atoms with Crippen LogP contribution in [0.15, 0.2) is 12.1 Å². The normalized spacial score (nSPS) is 10.7. The highest BCUT2D eigenvalue weighted by Crippen LogP contribution is 2.36. The Labute approximate surface area is 108 Å². The zero-order valence-electron chi connectivity index (χ0n) is 10.8. The Morgan fingerprint density at radius 1 is 1.35 bits per heavy atom. The maximum Gasteiger partial charge on any atom is 0.179 e. The van der Waals surface area contributed by atoms with Crippen molar-refractivity contribution in [1.29, 1.82) is 0 Å². The van der Waals surface area contributed by atoms with Crippen LogP contribution in [0, 0.1) is 5.92 Å². The summed E-state index contributed by atoms with van der Waals surface area (Å²) < 4.78 is 11.0. The number of benzene rings is 1. The number of halogens is 1. The third kappa shape index (κ3) is 4.10. The molecule has 0 saturated carbocycles. The van der Waals surface area contributed by atoms with E-state index in [0.717, 1.165) is 12.1 Å². The van der Waals surface area contributed by atoms with Crippen LogP contribution in [0.3, 0.4) is 0 Å². The van der Waals surface area contributed by atoms with Crippen LogP contribution in [0.25, 0.3) is 0 Å². The molecule has 4 heteroatoms. The van der Waals surface area contributed by atoms with Gasteiger partial charge in [0.25, 0.3) is 0 Å². The molecule has 0 aliphatic heterocycles. The van der Waals surface area contributed by atoms with Gasteiger partial charge in [0.1, 0.15) is 0 Å². The van der Waals surface area contributed by atoms with Gasteiger partial charge in [0.15, 0.2) is 11.5 Å². The van der Waals surface area contributed by atoms with Crippen LogP contribution in [-0.2, 0) is 6.54 Å². The van der Waals surface area contributed by atoms with E-state index in [1.165, 1.54) is 0 Å². The Kier molecular flexibility index (Phi) is 5.59. The first kappa shape index (κ1) is 14.1. The van der Waals surface area contributed by atoms with Gasteiger partial charge in [-0.05, 0) is 30.7 Å². The molecule has 0 spiro atoms. The smallest absolute Gasteiger partial charge is 0.179 e. The molecule has 0 aliphatic rings. The van der Waals surface area contributed by atoms with Crippen molar-refractivity contribution in [2.45, 2.75) is 20.4 Å². The molecule has 1 N–H and O–H groups in total. The van der Waals surface area contributed by atoms with Crippen molar-refractivity contribution in [2.24, 2.45) is 5.92 Å². The summed E-state index contributed by atoms with van der Waals surface area (Å²) in [6, 6.07) is 3.84. The van der Waals surface area contributed by atoms with E-state index in [2.05, 4.69) is 19.2 Å². The highest BCUT2D eigenvalue weighted by molar-refractivity contribution is 6.32. The summed E-state index contributed by atoms with van der Waals surface area (Å²) in [6.07, 6.45) is 0. The van der Waals surface area contributed by atoms with Gasteiger partial charge in [-0.25, -0.2) is 0 Å². The number of hydrogen-bond acceptors (Lipinski definition) is 3. The number of hydrogen-bond donors (Lipinski definition) is 1. The van der Waals surface area contributed by atoms with Gasteiger partial charge in [0, 0.05) is 6.54 Å². The first-order valence-electron chi connectivity index (χ1n) is 5.72. The van der Waals surface area contributed by atoms with Crippen LogP contribution in [0.1, 0.15) is 19.4 Å². The fraction of sp³-hybridized carbons (Fsp3) is 0.538. The highest BCUT2D eigenvalue weighted by atomic mass is 35.5. The van der Waals surface area contributed by atoms with Crippen LogP contribution in [-0.4, -0.2) is 20.8 Å². The summed E-state index contributed by atoms with van der Waals surface area (Å²) in [7, 11) is 3.51. The summed E-state index contributed by atoms with van der Waals surface area (Å²) in [5.74, 6) is 1.76. The van der Waals surface area contributed by atoms with E-state index < -0.39 is 0 Å². The molecular formula is C13H20ClNO2. The molecule has 0 amide bonds. The first-order chi connectivity index (χ1) is 8.08. The topological polar surface area (TPSA) is 30.5 Å². The predicted molar refractivity (Wildman–Crippen MR) is 71.1 cm³/mol. The molecule has 0 aromatic heterocycles. The Hall–Kier alpha value is -0.930. The lowest BCUT2D eigenvalue weighted by Gasteiger charge is -2.15. The Bertz CT molecular complexity index is 367. The van der Waals surface area contributed by atoms with Crippen molar-refractivity contribution in [3.05, 3.63) is 22.7 Å². The molecule has 0 bridgehead atoms. The van der Waals surface area contributed by atoms with Crippen molar-refractivity contribution in [2.75, 3.05) is 20.8 Å². The fourth-order valence-electron chi connectivity index (χ4n) is 1.47. The van der Waals surface area contributed by atoms with Crippen molar-refractivity contribution >= 4 is 11.6 Å². The quantitative estimate of drug-likeness (QED) is 0.850. The second kappa shape index (κ2) is 6.72. The van der Waals surface area contributed by atoms with E-state index in [1.54, 1.807) is 7.11 Å². The van der Waals surface area contributed by atoms with Crippen LogP contribution in [0.4, 0.5) is 0 Å². The number of ether oxygens (including phenoxy) is 2. The Morgan fingerprint density at radius 3 is 2.59 bits per heavy atom. The van der Waals surface area contributed by atoms with E-state index in [-0.39, 0.29) is 0 Å². The van der Waals surface area contributed by atoms with Crippen LogP contribution in [0.2, 0.25) is 5.02 Å². The average Bonchev–Trinajstić information content (AvgIpc) is 2.27. The van der Waals surface area contributed by atoms with E-state index in [1.807, 2.05) is 19.2 Å². The molecule has 0 saturated heterocycles. The maximum absolute atomic E-state index is 6.20. The minimum atomic E-state index is 0.452. The van der Waals surface area contributed by atoms with Crippen LogP contribution >= 0.6 is 11.6 Å². The molecule has 0 atom stereocenters. The van der Waals surface area contributed by atoms with Crippen molar-refractivity contribution in [3.63, 3.8) is 0 Å².